The summed E-state index contributed by atoms with van der Waals surface area (Å²) < 4.78 is 5.39. The average Bonchev–Trinajstić information content (AvgIpc) is 2.67. The summed E-state index contributed by atoms with van der Waals surface area (Å²) in [7, 11) is 1.51. The van der Waals surface area contributed by atoms with Gasteiger partial charge >= 0.3 is 0 Å². The van der Waals surface area contributed by atoms with Crippen LogP contribution in [0.15, 0.2) is 42.5 Å². The number of aryl methyl sites for hydroxylation is 2. The molecule has 0 bridgehead atoms. The van der Waals surface area contributed by atoms with Gasteiger partial charge in [-0.05, 0) is 55.7 Å². The van der Waals surface area contributed by atoms with E-state index in [1.807, 2.05) is 44.2 Å². The number of ketones is 1. The van der Waals surface area contributed by atoms with Crippen LogP contribution in [0.5, 0.6) is 11.5 Å². The van der Waals surface area contributed by atoms with Crippen LogP contribution in [0.3, 0.4) is 0 Å². The third-order valence-electron chi connectivity index (χ3n) is 4.82. The van der Waals surface area contributed by atoms with Crippen LogP contribution >= 0.6 is 0 Å². The van der Waals surface area contributed by atoms with Crippen molar-refractivity contribution < 1.29 is 14.6 Å². The van der Waals surface area contributed by atoms with E-state index in [9.17, 15) is 9.90 Å². The Morgan fingerprint density at radius 3 is 2.59 bits per heavy atom. The first-order valence-electron chi connectivity index (χ1n) is 9.11. The maximum atomic E-state index is 12.9. The fourth-order valence-electron chi connectivity index (χ4n) is 3.36. The summed E-state index contributed by atoms with van der Waals surface area (Å²) in [5.74, 6) is 0.112. The van der Waals surface area contributed by atoms with Gasteiger partial charge in [-0.1, -0.05) is 42.0 Å². The second-order valence-electron chi connectivity index (χ2n) is 6.79. The first-order chi connectivity index (χ1) is 13.0. The van der Waals surface area contributed by atoms with E-state index in [0.29, 0.717) is 5.75 Å². The highest BCUT2D eigenvalue weighted by atomic mass is 16.5. The van der Waals surface area contributed by atoms with E-state index in [-0.39, 0.29) is 17.1 Å². The van der Waals surface area contributed by atoms with Gasteiger partial charge < -0.3 is 15.2 Å². The number of carbonyl (C=O) groups excluding carboxylic acids is 1. The molecule has 1 aliphatic heterocycles. The number of benzene rings is 2. The molecular formula is C23H25NO3. The highest BCUT2D eigenvalue weighted by Gasteiger charge is 2.23. The summed E-state index contributed by atoms with van der Waals surface area (Å²) in [5.41, 5.74) is 5.00. The lowest BCUT2D eigenvalue weighted by molar-refractivity contribution is 0.104. The van der Waals surface area contributed by atoms with Gasteiger partial charge in [0, 0.05) is 12.1 Å². The number of nitrogens with one attached hydrogen (secondary N) is 1. The molecule has 4 heteroatoms. The summed E-state index contributed by atoms with van der Waals surface area (Å²) in [4.78, 5) is 12.9. The number of aromatic hydroxyl groups is 1. The number of phenols is 1. The molecule has 2 aromatic carbocycles. The predicted molar refractivity (Wildman–Crippen MR) is 109 cm³/mol. The Labute approximate surface area is 160 Å². The summed E-state index contributed by atoms with van der Waals surface area (Å²) in [6.07, 6.45) is 6.12. The smallest absolute Gasteiger partial charge is 0.193 e. The van der Waals surface area contributed by atoms with Crippen LogP contribution in [-0.4, -0.2) is 31.1 Å². The largest absolute Gasteiger partial charge is 0.506 e. The third-order valence-corrected chi connectivity index (χ3v) is 4.82. The normalized spacial score (nSPS) is 14.3. The molecule has 0 aliphatic carbocycles. The third kappa shape index (κ3) is 4.12. The van der Waals surface area contributed by atoms with E-state index < -0.39 is 0 Å². The van der Waals surface area contributed by atoms with Crippen molar-refractivity contribution in [3.63, 3.8) is 0 Å². The van der Waals surface area contributed by atoms with Crippen molar-refractivity contribution >= 4 is 17.4 Å². The molecule has 0 fully saturated rings. The molecule has 1 heterocycles. The molecule has 4 nitrogen and oxygen atoms in total. The lowest BCUT2D eigenvalue weighted by Gasteiger charge is -2.20. The SMILES string of the molecule is COc1cc(C)c(C2=CCNCC2)c(O)c1C(=O)/C=C/c1ccc(C)cc1. The van der Waals surface area contributed by atoms with Gasteiger partial charge in [0.15, 0.2) is 5.78 Å². The van der Waals surface area contributed by atoms with Gasteiger partial charge in [0.05, 0.1) is 7.11 Å². The Morgan fingerprint density at radius 2 is 1.96 bits per heavy atom. The van der Waals surface area contributed by atoms with Crippen LogP contribution in [-0.2, 0) is 0 Å². The predicted octanol–water partition coefficient (Wildman–Crippen LogP) is 4.29. The summed E-state index contributed by atoms with van der Waals surface area (Å²) in [6.45, 7) is 5.56. The van der Waals surface area contributed by atoms with Gasteiger partial charge in [0.2, 0.25) is 0 Å². The number of hydrogen-bond donors (Lipinski definition) is 2. The van der Waals surface area contributed by atoms with Crippen molar-refractivity contribution in [2.24, 2.45) is 0 Å². The maximum Gasteiger partial charge on any atom is 0.193 e. The zero-order chi connectivity index (χ0) is 19.4. The van der Waals surface area contributed by atoms with Gasteiger partial charge in [-0.15, -0.1) is 0 Å². The van der Waals surface area contributed by atoms with Crippen molar-refractivity contribution in [1.82, 2.24) is 5.32 Å². The number of allylic oxidation sites excluding steroid dienone is 1. The minimum Gasteiger partial charge on any atom is -0.506 e. The summed E-state index contributed by atoms with van der Waals surface area (Å²) >= 11 is 0. The van der Waals surface area contributed by atoms with Gasteiger partial charge in [-0.2, -0.15) is 0 Å². The van der Waals surface area contributed by atoms with Gasteiger partial charge in [-0.25, -0.2) is 0 Å². The number of ether oxygens (including phenoxy) is 1. The summed E-state index contributed by atoms with van der Waals surface area (Å²) in [6, 6.07) is 9.73. The Hall–Kier alpha value is -2.85. The fraction of sp³-hybridized carbons (Fsp3) is 0.261. The van der Waals surface area contributed by atoms with Crippen molar-refractivity contribution in [2.45, 2.75) is 20.3 Å². The molecule has 2 N–H and O–H groups in total. The Morgan fingerprint density at radius 1 is 1.22 bits per heavy atom. The molecule has 0 saturated carbocycles. The maximum absolute atomic E-state index is 12.9. The molecule has 2 aromatic rings. The number of rotatable bonds is 5. The van der Waals surface area contributed by atoms with Gasteiger partial charge in [0.1, 0.15) is 17.1 Å². The number of phenolic OH excluding ortho intramolecular Hbond substituents is 1. The Bertz CT molecular complexity index is 908. The first-order valence-corrected chi connectivity index (χ1v) is 9.11. The van der Waals surface area contributed by atoms with E-state index in [0.717, 1.165) is 47.3 Å². The molecule has 140 valence electrons. The second kappa shape index (κ2) is 8.23. The standard InChI is InChI=1S/C23H25NO3/c1-15-4-6-17(7-5-15)8-9-19(25)22-20(27-3)14-16(2)21(23(22)26)18-10-12-24-13-11-18/h4-10,14,24,26H,11-13H2,1-3H3/b9-8+. The molecule has 0 amide bonds. The molecule has 0 saturated heterocycles. The molecule has 0 spiro atoms. The van der Waals surface area contributed by atoms with Crippen LogP contribution in [0, 0.1) is 13.8 Å². The lowest BCUT2D eigenvalue weighted by atomic mass is 9.91. The topological polar surface area (TPSA) is 58.6 Å². The number of carbonyl (C=O) groups is 1. The van der Waals surface area contributed by atoms with Gasteiger partial charge in [-0.3, -0.25) is 4.79 Å². The van der Waals surface area contributed by atoms with Crippen molar-refractivity contribution in [3.8, 4) is 11.5 Å². The van der Waals surface area contributed by atoms with Crippen molar-refractivity contribution in [3.05, 3.63) is 70.3 Å². The number of hydrogen-bond acceptors (Lipinski definition) is 4. The van der Waals surface area contributed by atoms with E-state index in [1.54, 1.807) is 6.08 Å². The highest BCUT2D eigenvalue weighted by molar-refractivity contribution is 6.11. The van der Waals surface area contributed by atoms with Gasteiger partial charge in [0.25, 0.3) is 0 Å². The molecular weight excluding hydrogens is 338 g/mol. The molecule has 0 radical (unpaired) electrons. The van der Waals surface area contributed by atoms with E-state index >= 15 is 0 Å². The quantitative estimate of drug-likeness (QED) is 0.615. The Kier molecular flexibility index (Phi) is 5.77. The monoisotopic (exact) mass is 363 g/mol. The summed E-state index contributed by atoms with van der Waals surface area (Å²) in [5, 5.41) is 14.2. The Balaban J connectivity index is 2.01. The lowest BCUT2D eigenvalue weighted by Crippen LogP contribution is -2.20. The van der Waals surface area contributed by atoms with Crippen LogP contribution in [0.2, 0.25) is 0 Å². The first kappa shape index (κ1) is 18.9. The second-order valence-corrected chi connectivity index (χ2v) is 6.79. The zero-order valence-corrected chi connectivity index (χ0v) is 16.0. The fourth-order valence-corrected chi connectivity index (χ4v) is 3.36. The minimum atomic E-state index is -0.277. The van der Waals surface area contributed by atoms with Crippen molar-refractivity contribution in [2.75, 3.05) is 20.2 Å². The van der Waals surface area contributed by atoms with Crippen LogP contribution in [0.25, 0.3) is 11.6 Å². The van der Waals surface area contributed by atoms with Crippen molar-refractivity contribution in [1.29, 1.82) is 0 Å². The van der Waals surface area contributed by atoms with Crippen LogP contribution in [0.1, 0.15) is 39.0 Å². The van der Waals surface area contributed by atoms with E-state index in [4.69, 9.17) is 4.74 Å². The molecule has 27 heavy (non-hydrogen) atoms. The molecule has 0 aromatic heterocycles. The van der Waals surface area contributed by atoms with E-state index in [1.165, 1.54) is 13.2 Å². The molecule has 3 rings (SSSR count). The zero-order valence-electron chi connectivity index (χ0n) is 16.0. The molecule has 1 aliphatic rings. The average molecular weight is 363 g/mol. The molecule has 0 unspecified atom stereocenters. The minimum absolute atomic E-state index is 0.00134. The van der Waals surface area contributed by atoms with E-state index in [2.05, 4.69) is 11.4 Å². The molecule has 0 atom stereocenters. The highest BCUT2D eigenvalue weighted by Crippen LogP contribution is 2.39. The van der Waals surface area contributed by atoms with Crippen LogP contribution < -0.4 is 10.1 Å². The number of methoxy groups -OCH3 is 1. The van der Waals surface area contributed by atoms with Crippen LogP contribution in [0.4, 0.5) is 0 Å².